The van der Waals surface area contributed by atoms with Crippen LogP contribution in [0, 0.1) is 0 Å². The van der Waals surface area contributed by atoms with E-state index in [0.29, 0.717) is 19.1 Å². The predicted molar refractivity (Wildman–Crippen MR) is 103 cm³/mol. The number of hydrogen-bond donors (Lipinski definition) is 1. The average molecular weight is 364 g/mol. The van der Waals surface area contributed by atoms with E-state index in [1.165, 1.54) is 11.3 Å². The number of ether oxygens (including phenoxy) is 1. The summed E-state index contributed by atoms with van der Waals surface area (Å²) in [4.78, 5) is 10.8. The Kier molecular flexibility index (Phi) is 5.29. The number of fused-ring (bicyclic) bond motifs is 1. The molecule has 0 amide bonds. The van der Waals surface area contributed by atoms with Gasteiger partial charge in [-0.3, -0.25) is 9.58 Å². The van der Waals surface area contributed by atoms with Gasteiger partial charge >= 0.3 is 0 Å². The highest BCUT2D eigenvalue weighted by Crippen LogP contribution is 2.22. The third kappa shape index (κ3) is 4.25. The zero-order chi connectivity index (χ0) is 18.5. The van der Waals surface area contributed by atoms with Crippen molar-refractivity contribution in [2.45, 2.75) is 33.1 Å². The van der Waals surface area contributed by atoms with E-state index < -0.39 is 0 Å². The number of hydrogen-bond acceptors (Lipinski definition) is 6. The SMILES string of the molecule is CCOc1ccccc1CN1CCn2nc(CNc3ncccn3)cc2C1. The molecule has 1 aliphatic heterocycles. The lowest BCUT2D eigenvalue weighted by Crippen LogP contribution is -2.33. The number of rotatable bonds is 7. The molecular weight excluding hydrogens is 340 g/mol. The lowest BCUT2D eigenvalue weighted by atomic mass is 10.1. The first kappa shape index (κ1) is 17.5. The van der Waals surface area contributed by atoms with E-state index in [9.17, 15) is 0 Å². The summed E-state index contributed by atoms with van der Waals surface area (Å²) >= 11 is 0. The summed E-state index contributed by atoms with van der Waals surface area (Å²) in [6.07, 6.45) is 3.46. The molecule has 1 N–H and O–H groups in total. The van der Waals surface area contributed by atoms with Crippen molar-refractivity contribution in [3.63, 3.8) is 0 Å². The minimum atomic E-state index is 0.622. The Morgan fingerprint density at radius 2 is 1.96 bits per heavy atom. The van der Waals surface area contributed by atoms with Gasteiger partial charge < -0.3 is 10.1 Å². The van der Waals surface area contributed by atoms with Crippen LogP contribution in [0.3, 0.4) is 0 Å². The van der Waals surface area contributed by atoms with E-state index in [0.717, 1.165) is 37.6 Å². The molecule has 4 rings (SSSR count). The molecule has 0 saturated carbocycles. The zero-order valence-electron chi connectivity index (χ0n) is 15.5. The van der Waals surface area contributed by atoms with Crippen LogP contribution in [-0.4, -0.2) is 37.8 Å². The van der Waals surface area contributed by atoms with Gasteiger partial charge in [0.05, 0.1) is 31.1 Å². The Balaban J connectivity index is 1.39. The topological polar surface area (TPSA) is 68.1 Å². The number of para-hydroxylation sites is 1. The molecule has 3 heterocycles. The normalized spacial score (nSPS) is 14.0. The standard InChI is InChI=1S/C20H24N6O/c1-2-27-19-7-4-3-6-16(19)14-25-10-11-26-18(15-25)12-17(24-26)13-23-20-21-8-5-9-22-20/h3-9,12H,2,10-11,13-15H2,1H3,(H,21,22,23). The van der Waals surface area contributed by atoms with Crippen molar-refractivity contribution < 1.29 is 4.74 Å². The second-order valence-corrected chi connectivity index (χ2v) is 6.53. The summed E-state index contributed by atoms with van der Waals surface area (Å²) in [6, 6.07) is 12.3. The van der Waals surface area contributed by atoms with Gasteiger partial charge in [-0.1, -0.05) is 18.2 Å². The maximum atomic E-state index is 5.76. The molecule has 7 nitrogen and oxygen atoms in total. The maximum Gasteiger partial charge on any atom is 0.222 e. The van der Waals surface area contributed by atoms with Crippen molar-refractivity contribution in [2.75, 3.05) is 18.5 Å². The number of anilines is 1. The smallest absolute Gasteiger partial charge is 0.222 e. The van der Waals surface area contributed by atoms with Crippen LogP contribution in [-0.2, 0) is 26.2 Å². The Morgan fingerprint density at radius 1 is 1.11 bits per heavy atom. The van der Waals surface area contributed by atoms with E-state index in [1.807, 2.05) is 19.1 Å². The second-order valence-electron chi connectivity index (χ2n) is 6.53. The van der Waals surface area contributed by atoms with Crippen LogP contribution in [0.4, 0.5) is 5.95 Å². The summed E-state index contributed by atoms with van der Waals surface area (Å²) in [5.74, 6) is 1.60. The minimum Gasteiger partial charge on any atom is -0.494 e. The molecule has 3 aromatic rings. The fraction of sp³-hybridized carbons (Fsp3) is 0.350. The molecule has 0 atom stereocenters. The van der Waals surface area contributed by atoms with Crippen molar-refractivity contribution in [2.24, 2.45) is 0 Å². The van der Waals surface area contributed by atoms with Crippen LogP contribution in [0.1, 0.15) is 23.9 Å². The number of aromatic nitrogens is 4. The van der Waals surface area contributed by atoms with E-state index >= 15 is 0 Å². The van der Waals surface area contributed by atoms with Crippen molar-refractivity contribution in [3.05, 3.63) is 65.7 Å². The largest absolute Gasteiger partial charge is 0.494 e. The van der Waals surface area contributed by atoms with Crippen LogP contribution >= 0.6 is 0 Å². The quantitative estimate of drug-likeness (QED) is 0.695. The first-order chi connectivity index (χ1) is 13.3. The van der Waals surface area contributed by atoms with Gasteiger partial charge in [0.2, 0.25) is 5.95 Å². The molecule has 7 heteroatoms. The Morgan fingerprint density at radius 3 is 2.81 bits per heavy atom. The van der Waals surface area contributed by atoms with E-state index in [2.05, 4.69) is 43.1 Å². The lowest BCUT2D eigenvalue weighted by molar-refractivity contribution is 0.201. The van der Waals surface area contributed by atoms with Crippen LogP contribution in [0.5, 0.6) is 5.75 Å². The fourth-order valence-corrected chi connectivity index (χ4v) is 3.33. The highest BCUT2D eigenvalue weighted by atomic mass is 16.5. The molecule has 1 aliphatic rings. The monoisotopic (exact) mass is 364 g/mol. The molecule has 0 radical (unpaired) electrons. The predicted octanol–water partition coefficient (Wildman–Crippen LogP) is 2.70. The number of benzene rings is 1. The number of nitrogens with one attached hydrogen (secondary N) is 1. The summed E-state index contributed by atoms with van der Waals surface area (Å²) in [7, 11) is 0. The Hall–Kier alpha value is -2.93. The highest BCUT2D eigenvalue weighted by molar-refractivity contribution is 5.33. The van der Waals surface area contributed by atoms with Gasteiger partial charge in [-0.15, -0.1) is 0 Å². The first-order valence-electron chi connectivity index (χ1n) is 9.31. The number of nitrogens with zero attached hydrogens (tertiary/aromatic N) is 5. The zero-order valence-corrected chi connectivity index (χ0v) is 15.5. The second kappa shape index (κ2) is 8.18. The molecule has 140 valence electrons. The third-order valence-electron chi connectivity index (χ3n) is 4.59. The molecule has 0 spiro atoms. The summed E-state index contributed by atoms with van der Waals surface area (Å²) < 4.78 is 7.87. The van der Waals surface area contributed by atoms with E-state index in [1.54, 1.807) is 18.5 Å². The van der Waals surface area contributed by atoms with Gasteiger partial charge in [0.25, 0.3) is 0 Å². The van der Waals surface area contributed by atoms with Gasteiger partial charge in [-0.2, -0.15) is 5.10 Å². The van der Waals surface area contributed by atoms with Gasteiger partial charge in [-0.25, -0.2) is 9.97 Å². The highest BCUT2D eigenvalue weighted by Gasteiger charge is 2.19. The Bertz CT molecular complexity index is 879. The lowest BCUT2D eigenvalue weighted by Gasteiger charge is -2.28. The van der Waals surface area contributed by atoms with Gasteiger partial charge in [-0.05, 0) is 25.1 Å². The molecule has 27 heavy (non-hydrogen) atoms. The average Bonchev–Trinajstić information content (AvgIpc) is 3.11. The fourth-order valence-electron chi connectivity index (χ4n) is 3.33. The molecule has 0 bridgehead atoms. The molecule has 1 aromatic carbocycles. The molecule has 2 aromatic heterocycles. The summed E-state index contributed by atoms with van der Waals surface area (Å²) in [5, 5.41) is 7.92. The molecule has 0 fully saturated rings. The van der Waals surface area contributed by atoms with Crippen molar-refractivity contribution in [1.82, 2.24) is 24.6 Å². The van der Waals surface area contributed by atoms with Crippen LogP contribution in [0.2, 0.25) is 0 Å². The van der Waals surface area contributed by atoms with Crippen LogP contribution in [0.25, 0.3) is 0 Å². The Labute approximate surface area is 159 Å². The van der Waals surface area contributed by atoms with E-state index in [4.69, 9.17) is 9.84 Å². The van der Waals surface area contributed by atoms with Crippen LogP contribution in [0.15, 0.2) is 48.8 Å². The van der Waals surface area contributed by atoms with Crippen molar-refractivity contribution >= 4 is 5.95 Å². The molecule has 0 unspecified atom stereocenters. The minimum absolute atomic E-state index is 0.622. The summed E-state index contributed by atoms with van der Waals surface area (Å²) in [6.45, 7) is 6.97. The van der Waals surface area contributed by atoms with Gasteiger partial charge in [0.1, 0.15) is 5.75 Å². The van der Waals surface area contributed by atoms with Crippen molar-refractivity contribution in [3.8, 4) is 5.75 Å². The van der Waals surface area contributed by atoms with Crippen LogP contribution < -0.4 is 10.1 Å². The molecule has 0 saturated heterocycles. The van der Waals surface area contributed by atoms with E-state index in [-0.39, 0.29) is 0 Å². The van der Waals surface area contributed by atoms with Crippen molar-refractivity contribution in [1.29, 1.82) is 0 Å². The maximum absolute atomic E-state index is 5.76. The van der Waals surface area contributed by atoms with Gasteiger partial charge in [0, 0.05) is 37.6 Å². The summed E-state index contributed by atoms with van der Waals surface area (Å²) in [5.41, 5.74) is 3.48. The first-order valence-corrected chi connectivity index (χ1v) is 9.31. The molecular formula is C20H24N6O. The van der Waals surface area contributed by atoms with Gasteiger partial charge in [0.15, 0.2) is 0 Å². The third-order valence-corrected chi connectivity index (χ3v) is 4.59. The molecule has 0 aliphatic carbocycles.